The molecule has 18 nitrogen and oxygen atoms in total. The van der Waals surface area contributed by atoms with Crippen LogP contribution in [0.4, 0.5) is 14.6 Å². The molecule has 0 saturated carbocycles. The van der Waals surface area contributed by atoms with Crippen LogP contribution in [-0.4, -0.2) is 79.0 Å². The molecule has 3 aliphatic heterocycles. The van der Waals surface area contributed by atoms with Gasteiger partial charge >= 0.3 is 5.69 Å². The van der Waals surface area contributed by atoms with Crippen molar-refractivity contribution < 1.29 is 50.7 Å². The Hall–Kier alpha value is -2.55. The van der Waals surface area contributed by atoms with Gasteiger partial charge in [-0.1, -0.05) is 11.8 Å². The Morgan fingerprint density at radius 2 is 1.74 bits per heavy atom. The van der Waals surface area contributed by atoms with Crippen molar-refractivity contribution in [3.05, 3.63) is 45.8 Å². The zero-order valence-electron chi connectivity index (χ0n) is 20.7. The third-order valence-electron chi connectivity index (χ3n) is 6.61. The molecule has 3 N–H and O–H groups in total. The van der Waals surface area contributed by atoms with Crippen molar-refractivity contribution in [3.63, 3.8) is 0 Å². The van der Waals surface area contributed by atoms with Crippen LogP contribution in [0.15, 0.2) is 34.5 Å². The number of ether oxygens (including phenoxy) is 2. The second-order valence-electron chi connectivity index (χ2n) is 9.25. The number of alkyl halides is 2. The summed E-state index contributed by atoms with van der Waals surface area (Å²) in [5, 5.41) is 0. The van der Waals surface area contributed by atoms with Gasteiger partial charge in [-0.05, 0) is 0 Å². The minimum absolute atomic E-state index is 0.00681. The van der Waals surface area contributed by atoms with E-state index in [0.29, 0.717) is 4.57 Å². The second-order valence-corrected chi connectivity index (χ2v) is 13.3. The highest BCUT2D eigenvalue weighted by molar-refractivity contribution is 8.06. The molecule has 3 aromatic rings. The van der Waals surface area contributed by atoms with Gasteiger partial charge in [0.2, 0.25) is 0 Å². The Balaban J connectivity index is 1.31. The maximum absolute atomic E-state index is 15.8. The lowest BCUT2D eigenvalue weighted by molar-refractivity contribution is -0.237. The number of fused-ring (bicyclic) bond motifs is 4. The molecule has 3 fully saturated rings. The number of aromatic amines is 1. The average molecular weight is 653 g/mol. The number of anilines is 1. The number of nitrogens with zero attached hydrogens (tertiary/aromatic N) is 5. The number of nitrogens with two attached hydrogens (primary N) is 1. The summed E-state index contributed by atoms with van der Waals surface area (Å²) in [6.07, 6.45) is -11.8. The molecule has 0 aromatic carbocycles. The average Bonchev–Trinajstić information content (AvgIpc) is 3.57. The van der Waals surface area contributed by atoms with E-state index in [9.17, 15) is 23.9 Å². The first-order valence-corrected chi connectivity index (χ1v) is 16.0. The fourth-order valence-corrected chi connectivity index (χ4v) is 7.05. The van der Waals surface area contributed by atoms with Gasteiger partial charge in [0.15, 0.2) is 36.3 Å². The Bertz CT molecular complexity index is 1730. The molecular weight excluding hydrogens is 634 g/mol. The summed E-state index contributed by atoms with van der Waals surface area (Å²) in [5.74, 6) is -0.00681. The number of aromatic nitrogens is 6. The zero-order chi connectivity index (χ0) is 30.0. The zero-order valence-corrected chi connectivity index (χ0v) is 23.3. The first kappa shape index (κ1) is 29.5. The van der Waals surface area contributed by atoms with E-state index in [1.165, 1.54) is 0 Å². The first-order valence-electron chi connectivity index (χ1n) is 11.9. The summed E-state index contributed by atoms with van der Waals surface area (Å²) in [4.78, 5) is 63.4. The number of phosphoric acid groups is 1. The van der Waals surface area contributed by atoms with E-state index in [1.54, 1.807) is 0 Å². The summed E-state index contributed by atoms with van der Waals surface area (Å²) in [6, 6.07) is 0.904. The van der Waals surface area contributed by atoms with Gasteiger partial charge in [-0.15, -0.1) is 0 Å². The minimum atomic E-state index is -5.45. The predicted octanol–water partition coefficient (Wildman–Crippen LogP) is -1.70. The fourth-order valence-electron chi connectivity index (χ4n) is 4.72. The number of nitrogens with one attached hydrogen (secondary N) is 1. The fraction of sp³-hybridized carbons (Fsp3) is 0.526. The van der Waals surface area contributed by atoms with Crippen molar-refractivity contribution in [2.24, 2.45) is 0 Å². The van der Waals surface area contributed by atoms with E-state index in [1.807, 2.05) is 4.98 Å². The molecule has 228 valence electrons. The Morgan fingerprint density at radius 3 is 2.50 bits per heavy atom. The Labute approximate surface area is 237 Å². The van der Waals surface area contributed by atoms with Crippen LogP contribution in [0.5, 0.6) is 0 Å². The van der Waals surface area contributed by atoms with Crippen LogP contribution in [0.1, 0.15) is 12.5 Å². The molecule has 6 rings (SSSR count). The van der Waals surface area contributed by atoms with Crippen molar-refractivity contribution >= 4 is 43.3 Å². The van der Waals surface area contributed by atoms with Crippen LogP contribution in [0.2, 0.25) is 0 Å². The molecule has 42 heavy (non-hydrogen) atoms. The second kappa shape index (κ2) is 10.9. The van der Waals surface area contributed by atoms with Gasteiger partial charge < -0.3 is 43.1 Å². The van der Waals surface area contributed by atoms with Gasteiger partial charge in [0, 0.05) is 12.3 Å². The van der Waals surface area contributed by atoms with Gasteiger partial charge in [-0.3, -0.25) is 23.5 Å². The van der Waals surface area contributed by atoms with E-state index in [4.69, 9.17) is 45.1 Å². The molecular formula is C19H19F2N7O11P2S-2. The SMILES string of the molecule is Nc1ncnc2c1ncn2[C@@H]1O[C@@H]2COP(=O)([O-])O[C@@H]3[C@H](F)[C@@H](COP([O-])(=S)O[C@H]2[C@H]1F)O[C@H]3n1ccc(=O)[nH]c1=O. The molecule has 10 atom stereocenters. The van der Waals surface area contributed by atoms with Crippen LogP contribution in [0, 0.1) is 0 Å². The highest BCUT2D eigenvalue weighted by Gasteiger charge is 2.52. The number of phosphoric ester groups is 1. The van der Waals surface area contributed by atoms with E-state index in [2.05, 4.69) is 15.0 Å². The first-order chi connectivity index (χ1) is 19.8. The number of hydrogen-bond donors (Lipinski definition) is 2. The van der Waals surface area contributed by atoms with Crippen LogP contribution >= 0.6 is 14.5 Å². The van der Waals surface area contributed by atoms with E-state index in [0.717, 1.165) is 29.5 Å². The summed E-state index contributed by atoms with van der Waals surface area (Å²) in [5.41, 5.74) is 4.10. The van der Waals surface area contributed by atoms with Gasteiger partial charge in [0.05, 0.1) is 19.5 Å². The third kappa shape index (κ3) is 5.46. The van der Waals surface area contributed by atoms with Crippen molar-refractivity contribution in [1.29, 1.82) is 0 Å². The molecule has 0 spiro atoms. The van der Waals surface area contributed by atoms with Crippen molar-refractivity contribution in [1.82, 2.24) is 29.1 Å². The van der Waals surface area contributed by atoms with Crippen molar-refractivity contribution in [2.75, 3.05) is 18.9 Å². The van der Waals surface area contributed by atoms with E-state index in [-0.39, 0.29) is 17.0 Å². The summed E-state index contributed by atoms with van der Waals surface area (Å²) < 4.78 is 77.2. The highest BCUT2D eigenvalue weighted by Crippen LogP contribution is 2.51. The number of hydrogen-bond acceptors (Lipinski definition) is 16. The Kier molecular flexibility index (Phi) is 7.64. The molecule has 3 saturated heterocycles. The Morgan fingerprint density at radius 1 is 1.00 bits per heavy atom. The van der Waals surface area contributed by atoms with Crippen molar-refractivity contribution in [3.8, 4) is 0 Å². The summed E-state index contributed by atoms with van der Waals surface area (Å²) >= 11 is 4.90. The lowest BCUT2D eigenvalue weighted by Gasteiger charge is -2.34. The topological polar surface area (TPSA) is 243 Å². The van der Waals surface area contributed by atoms with Gasteiger partial charge in [0.1, 0.15) is 43.0 Å². The lowest BCUT2D eigenvalue weighted by Crippen LogP contribution is -2.38. The molecule has 2 bridgehead atoms. The highest BCUT2D eigenvalue weighted by atomic mass is 32.5. The molecule has 3 aromatic heterocycles. The number of halogens is 2. The number of imidazole rings is 1. The van der Waals surface area contributed by atoms with E-state index < -0.39 is 88.2 Å². The standard InChI is InChI=1S/C19H21F2N7O11P2S/c20-10-7-3-35-41(33,42)39-13-8(37-17(11(13)21)28-6-25-12-15(22)23-5-24-16(12)28)4-34-40(31,32)38-14(10)18(36-7)27-2-1-9(29)26-19(27)30/h1-2,5-8,10-11,13-14,17-18H,3-4H2,(H,31,32)(H,33,42)(H2,22,23,24)(H,26,29,30)/p-2/t7-,8-,10-,11-,13-,14-,17-,18-,41?/m1/s1. The largest absolute Gasteiger partial charge is 0.780 e. The van der Waals surface area contributed by atoms with E-state index >= 15 is 8.78 Å². The maximum atomic E-state index is 15.8. The van der Waals surface area contributed by atoms with Crippen LogP contribution < -0.4 is 26.8 Å². The number of nitrogen functional groups attached to an aromatic ring is 1. The monoisotopic (exact) mass is 653 g/mol. The van der Waals surface area contributed by atoms with Gasteiger partial charge in [0.25, 0.3) is 13.4 Å². The van der Waals surface area contributed by atoms with Gasteiger partial charge in [-0.2, -0.15) is 0 Å². The lowest BCUT2D eigenvalue weighted by atomic mass is 10.1. The number of rotatable bonds is 2. The summed E-state index contributed by atoms with van der Waals surface area (Å²) in [7, 11) is -5.45. The molecule has 0 amide bonds. The molecule has 23 heteroatoms. The maximum Gasteiger partial charge on any atom is 0.330 e. The smallest absolute Gasteiger partial charge is 0.330 e. The van der Waals surface area contributed by atoms with Crippen LogP contribution in [0.3, 0.4) is 0 Å². The minimum Gasteiger partial charge on any atom is -0.780 e. The number of H-pyrrole nitrogens is 1. The normalized spacial score (nSPS) is 39.3. The summed E-state index contributed by atoms with van der Waals surface area (Å²) in [6.45, 7) is -6.49. The van der Waals surface area contributed by atoms with Crippen molar-refractivity contribution in [2.45, 2.75) is 49.2 Å². The third-order valence-corrected chi connectivity index (χ3v) is 9.12. The van der Waals surface area contributed by atoms with Crippen LogP contribution in [0.25, 0.3) is 11.2 Å². The molecule has 0 aliphatic carbocycles. The molecule has 0 radical (unpaired) electrons. The molecule has 6 heterocycles. The predicted molar refractivity (Wildman–Crippen MR) is 132 cm³/mol. The quantitative estimate of drug-likeness (QED) is 0.293. The van der Waals surface area contributed by atoms with Gasteiger partial charge in [-0.25, -0.2) is 28.5 Å². The molecule has 3 aliphatic rings. The van der Waals surface area contributed by atoms with Crippen LogP contribution in [-0.2, 0) is 43.9 Å². The molecule has 2 unspecified atom stereocenters.